The third-order valence-electron chi connectivity index (χ3n) is 4.25. The molecule has 4 aromatic heterocycles. The largest absolute Gasteiger partial charge is 0.478 e. The van der Waals surface area contributed by atoms with Crippen molar-refractivity contribution in [2.24, 2.45) is 5.73 Å². The molecule has 0 spiro atoms. The van der Waals surface area contributed by atoms with E-state index in [0.717, 1.165) is 39.1 Å². The molecule has 0 bridgehead atoms. The molecular formula is C19H22N6OS2. The fraction of sp³-hybridized carbons (Fsp3) is 0.316. The third kappa shape index (κ3) is 4.07. The molecule has 4 aromatic rings. The first-order valence-corrected chi connectivity index (χ1v) is 10.7. The van der Waals surface area contributed by atoms with E-state index in [1.54, 1.807) is 17.5 Å². The van der Waals surface area contributed by atoms with Crippen molar-refractivity contribution < 1.29 is 4.74 Å². The second-order valence-electron chi connectivity index (χ2n) is 6.66. The van der Waals surface area contributed by atoms with Crippen molar-refractivity contribution >= 4 is 27.6 Å². The number of imidazole rings is 1. The SMILES string of the molecule is CN(C)CCCOc1ccc(-c2cnc3sc(C(N)c4cccs4)nn23)cn1. The standard InChI is InChI=1S/C19H22N6OS2/c1-24(2)8-4-9-26-16-7-6-13(11-21-16)14-12-22-19-25(14)23-18(28-19)17(20)15-5-3-10-27-15/h3,5-7,10-12,17H,4,8-9,20H2,1-2H3. The van der Waals surface area contributed by atoms with E-state index in [9.17, 15) is 0 Å². The number of nitrogens with zero attached hydrogens (tertiary/aromatic N) is 5. The van der Waals surface area contributed by atoms with Gasteiger partial charge in [-0.2, -0.15) is 5.10 Å². The highest BCUT2D eigenvalue weighted by molar-refractivity contribution is 7.17. The van der Waals surface area contributed by atoms with Crippen molar-refractivity contribution in [3.8, 4) is 17.1 Å². The van der Waals surface area contributed by atoms with E-state index in [2.05, 4.69) is 29.0 Å². The van der Waals surface area contributed by atoms with Crippen molar-refractivity contribution in [2.45, 2.75) is 12.5 Å². The minimum Gasteiger partial charge on any atom is -0.478 e. The summed E-state index contributed by atoms with van der Waals surface area (Å²) in [7, 11) is 4.10. The van der Waals surface area contributed by atoms with Gasteiger partial charge in [-0.25, -0.2) is 14.5 Å². The van der Waals surface area contributed by atoms with Gasteiger partial charge in [-0.05, 0) is 38.0 Å². The van der Waals surface area contributed by atoms with Gasteiger partial charge in [0.1, 0.15) is 5.01 Å². The highest BCUT2D eigenvalue weighted by Gasteiger charge is 2.18. The number of pyridine rings is 1. The van der Waals surface area contributed by atoms with Crippen LogP contribution in [0.1, 0.15) is 22.3 Å². The van der Waals surface area contributed by atoms with Crippen LogP contribution in [0.4, 0.5) is 0 Å². The molecule has 0 amide bonds. The minimum absolute atomic E-state index is 0.226. The molecule has 0 radical (unpaired) electrons. The highest BCUT2D eigenvalue weighted by Crippen LogP contribution is 2.30. The Bertz CT molecular complexity index is 1020. The molecule has 0 saturated heterocycles. The Balaban J connectivity index is 1.49. The van der Waals surface area contributed by atoms with Gasteiger partial charge in [0.2, 0.25) is 10.8 Å². The molecule has 0 aliphatic carbocycles. The zero-order chi connectivity index (χ0) is 19.5. The van der Waals surface area contributed by atoms with E-state index in [1.165, 1.54) is 11.3 Å². The van der Waals surface area contributed by atoms with E-state index >= 15 is 0 Å². The summed E-state index contributed by atoms with van der Waals surface area (Å²) in [6, 6.07) is 7.67. The van der Waals surface area contributed by atoms with Gasteiger partial charge in [0.05, 0.1) is 24.5 Å². The van der Waals surface area contributed by atoms with Gasteiger partial charge in [-0.3, -0.25) is 0 Å². The summed E-state index contributed by atoms with van der Waals surface area (Å²) < 4.78 is 7.54. The molecule has 0 aliphatic heterocycles. The molecule has 0 saturated carbocycles. The zero-order valence-electron chi connectivity index (χ0n) is 15.8. The number of hydrogen-bond acceptors (Lipinski definition) is 8. The molecule has 146 valence electrons. The van der Waals surface area contributed by atoms with Gasteiger partial charge in [0.15, 0.2) is 0 Å². The highest BCUT2D eigenvalue weighted by atomic mass is 32.1. The summed E-state index contributed by atoms with van der Waals surface area (Å²) >= 11 is 3.15. The van der Waals surface area contributed by atoms with E-state index < -0.39 is 0 Å². The first-order valence-electron chi connectivity index (χ1n) is 8.99. The second-order valence-corrected chi connectivity index (χ2v) is 8.63. The first-order chi connectivity index (χ1) is 13.6. The van der Waals surface area contributed by atoms with Gasteiger partial charge < -0.3 is 15.4 Å². The van der Waals surface area contributed by atoms with Crippen LogP contribution in [0.5, 0.6) is 5.88 Å². The average molecular weight is 415 g/mol. The van der Waals surface area contributed by atoms with E-state index in [-0.39, 0.29) is 6.04 Å². The zero-order valence-corrected chi connectivity index (χ0v) is 17.4. The summed E-state index contributed by atoms with van der Waals surface area (Å²) in [6.07, 6.45) is 4.57. The first kappa shape index (κ1) is 19.0. The maximum atomic E-state index is 6.35. The van der Waals surface area contributed by atoms with Crippen LogP contribution in [0.25, 0.3) is 16.2 Å². The molecule has 1 atom stereocenters. The van der Waals surface area contributed by atoms with Crippen LogP contribution in [0.3, 0.4) is 0 Å². The maximum Gasteiger partial charge on any atom is 0.213 e. The lowest BCUT2D eigenvalue weighted by Crippen LogP contribution is -2.15. The topological polar surface area (TPSA) is 81.6 Å². The Morgan fingerprint density at radius 3 is 2.82 bits per heavy atom. The van der Waals surface area contributed by atoms with Crippen molar-refractivity contribution in [1.29, 1.82) is 0 Å². The number of thiophene rings is 1. The quantitative estimate of drug-likeness (QED) is 0.446. The molecule has 0 fully saturated rings. The summed E-state index contributed by atoms with van der Waals surface area (Å²) in [6.45, 7) is 1.64. The summed E-state index contributed by atoms with van der Waals surface area (Å²) in [5.41, 5.74) is 8.19. The van der Waals surface area contributed by atoms with E-state index in [1.807, 2.05) is 40.4 Å². The van der Waals surface area contributed by atoms with Gasteiger partial charge >= 0.3 is 0 Å². The van der Waals surface area contributed by atoms with Crippen LogP contribution in [0, 0.1) is 0 Å². The molecule has 28 heavy (non-hydrogen) atoms. The van der Waals surface area contributed by atoms with E-state index in [0.29, 0.717) is 12.5 Å². The molecule has 0 aliphatic rings. The van der Waals surface area contributed by atoms with Gasteiger partial charge in [0.25, 0.3) is 0 Å². The minimum atomic E-state index is -0.226. The Morgan fingerprint density at radius 1 is 1.21 bits per heavy atom. The lowest BCUT2D eigenvalue weighted by atomic mass is 10.2. The van der Waals surface area contributed by atoms with Crippen LogP contribution < -0.4 is 10.5 Å². The molecule has 0 aromatic carbocycles. The van der Waals surface area contributed by atoms with Crippen LogP contribution >= 0.6 is 22.7 Å². The fourth-order valence-electron chi connectivity index (χ4n) is 2.79. The molecule has 1 unspecified atom stereocenters. The lowest BCUT2D eigenvalue weighted by molar-refractivity contribution is 0.273. The van der Waals surface area contributed by atoms with Crippen LogP contribution in [0.15, 0.2) is 42.0 Å². The van der Waals surface area contributed by atoms with Crippen LogP contribution in [-0.4, -0.2) is 51.7 Å². The predicted molar refractivity (Wildman–Crippen MR) is 113 cm³/mol. The Hall–Kier alpha value is -2.33. The van der Waals surface area contributed by atoms with Crippen molar-refractivity contribution in [1.82, 2.24) is 24.5 Å². The molecule has 9 heteroatoms. The van der Waals surface area contributed by atoms with Crippen molar-refractivity contribution in [2.75, 3.05) is 27.2 Å². The van der Waals surface area contributed by atoms with Crippen LogP contribution in [0.2, 0.25) is 0 Å². The van der Waals surface area contributed by atoms with Crippen molar-refractivity contribution in [3.05, 3.63) is 51.9 Å². The van der Waals surface area contributed by atoms with Crippen molar-refractivity contribution in [3.63, 3.8) is 0 Å². The fourth-order valence-corrected chi connectivity index (χ4v) is 4.49. The number of aromatic nitrogens is 4. The van der Waals surface area contributed by atoms with E-state index in [4.69, 9.17) is 15.6 Å². The Kier molecular flexibility index (Phi) is 5.67. The number of fused-ring (bicyclic) bond motifs is 1. The molecule has 4 rings (SSSR count). The Labute approximate surface area is 171 Å². The Morgan fingerprint density at radius 2 is 2.11 bits per heavy atom. The molecule has 2 N–H and O–H groups in total. The number of rotatable bonds is 8. The number of hydrogen-bond donors (Lipinski definition) is 1. The molecule has 4 heterocycles. The van der Waals surface area contributed by atoms with Gasteiger partial charge in [-0.1, -0.05) is 17.4 Å². The summed E-state index contributed by atoms with van der Waals surface area (Å²) in [5, 5.41) is 7.57. The second kappa shape index (κ2) is 8.36. The number of ether oxygens (including phenoxy) is 1. The third-order valence-corrected chi connectivity index (χ3v) is 6.21. The predicted octanol–water partition coefficient (Wildman–Crippen LogP) is 3.29. The molecule has 7 nitrogen and oxygen atoms in total. The normalized spacial score (nSPS) is 12.7. The summed E-state index contributed by atoms with van der Waals surface area (Å²) in [4.78, 5) is 12.9. The average Bonchev–Trinajstić information content (AvgIpc) is 3.42. The monoisotopic (exact) mass is 414 g/mol. The van der Waals surface area contributed by atoms with Crippen LogP contribution in [-0.2, 0) is 0 Å². The summed E-state index contributed by atoms with van der Waals surface area (Å²) in [5.74, 6) is 0.627. The maximum absolute atomic E-state index is 6.35. The van der Waals surface area contributed by atoms with Gasteiger partial charge in [0, 0.05) is 29.2 Å². The van der Waals surface area contributed by atoms with Gasteiger partial charge in [-0.15, -0.1) is 11.3 Å². The smallest absolute Gasteiger partial charge is 0.213 e. The molecular weight excluding hydrogens is 392 g/mol. The number of nitrogens with two attached hydrogens (primary N) is 1. The lowest BCUT2D eigenvalue weighted by Gasteiger charge is -2.10.